The monoisotopic (exact) mass is 432 g/mol. The molecule has 3 atom stereocenters. The summed E-state index contributed by atoms with van der Waals surface area (Å²) in [4.78, 5) is 13.6. The highest BCUT2D eigenvalue weighted by atomic mass is 16.5. The van der Waals surface area contributed by atoms with Crippen LogP contribution in [0.5, 0.6) is 23.0 Å². The molecule has 1 N–H and O–H groups in total. The van der Waals surface area contributed by atoms with Gasteiger partial charge in [0.2, 0.25) is 0 Å². The molecule has 3 unspecified atom stereocenters. The maximum Gasteiger partial charge on any atom is 0.200 e. The first-order valence-corrected chi connectivity index (χ1v) is 10.4. The molecule has 1 fully saturated rings. The molecule has 3 aromatic carbocycles. The van der Waals surface area contributed by atoms with Crippen molar-refractivity contribution in [3.05, 3.63) is 83.4 Å². The maximum absolute atomic E-state index is 13.6. The number of fused-ring (bicyclic) bond motifs is 3. The average Bonchev–Trinajstić information content (AvgIpc) is 3.24. The van der Waals surface area contributed by atoms with Gasteiger partial charge in [-0.1, -0.05) is 42.5 Å². The number of Topliss-reactive ketones (excluding diaryl/α,β-unsaturated/α-hetero) is 1. The number of benzene rings is 3. The molecular formula is C26H24O6. The minimum Gasteiger partial charge on any atom is -0.497 e. The third kappa shape index (κ3) is 2.53. The Bertz CT molecular complexity index is 1170. The molecule has 0 aromatic heterocycles. The molecule has 0 bridgehead atoms. The molecule has 1 aliphatic carbocycles. The average molecular weight is 432 g/mol. The zero-order valence-electron chi connectivity index (χ0n) is 18.1. The number of carbonyl (C=O) groups is 1. The van der Waals surface area contributed by atoms with Crippen LogP contribution in [0.4, 0.5) is 0 Å². The summed E-state index contributed by atoms with van der Waals surface area (Å²) in [6.45, 7) is 0. The van der Waals surface area contributed by atoms with Crippen molar-refractivity contribution in [1.82, 2.24) is 0 Å². The van der Waals surface area contributed by atoms with Crippen LogP contribution in [0.3, 0.4) is 0 Å². The normalized spacial score (nSPS) is 25.6. The highest BCUT2D eigenvalue weighted by Gasteiger charge is 2.74. The highest BCUT2D eigenvalue weighted by molar-refractivity contribution is 5.97. The second-order valence-corrected chi connectivity index (χ2v) is 8.07. The number of aliphatic hydroxyl groups is 1. The Labute approximate surface area is 186 Å². The Morgan fingerprint density at radius 2 is 1.59 bits per heavy atom. The first-order chi connectivity index (χ1) is 15.5. The van der Waals surface area contributed by atoms with Crippen molar-refractivity contribution in [3.63, 3.8) is 0 Å². The zero-order valence-corrected chi connectivity index (χ0v) is 18.1. The molecule has 1 saturated carbocycles. The smallest absolute Gasteiger partial charge is 0.200 e. The Morgan fingerprint density at radius 1 is 0.906 bits per heavy atom. The summed E-state index contributed by atoms with van der Waals surface area (Å²) >= 11 is 0. The fourth-order valence-electron chi connectivity index (χ4n) is 5.21. The number of methoxy groups -OCH3 is 3. The van der Waals surface area contributed by atoms with E-state index in [0.29, 0.717) is 34.1 Å². The van der Waals surface area contributed by atoms with Gasteiger partial charge in [0.1, 0.15) is 23.0 Å². The van der Waals surface area contributed by atoms with Crippen molar-refractivity contribution in [3.8, 4) is 23.0 Å². The van der Waals surface area contributed by atoms with Crippen LogP contribution in [0, 0.1) is 0 Å². The molecule has 6 nitrogen and oxygen atoms in total. The summed E-state index contributed by atoms with van der Waals surface area (Å²) in [5.41, 5.74) is -1.39. The van der Waals surface area contributed by atoms with Crippen LogP contribution in [0.2, 0.25) is 0 Å². The van der Waals surface area contributed by atoms with Crippen molar-refractivity contribution in [2.75, 3.05) is 21.3 Å². The molecule has 2 aliphatic rings. The molecule has 6 heteroatoms. The van der Waals surface area contributed by atoms with Crippen molar-refractivity contribution < 1.29 is 28.8 Å². The lowest BCUT2D eigenvalue weighted by Gasteiger charge is -2.39. The van der Waals surface area contributed by atoms with Gasteiger partial charge < -0.3 is 24.1 Å². The molecule has 3 aromatic rings. The second kappa shape index (κ2) is 7.28. The SMILES string of the molecule is COc1ccc(C23Oc4cc(OC)cc(OC)c4C2(O)C(=O)CC3c2ccccc2)cc1. The van der Waals surface area contributed by atoms with E-state index in [2.05, 4.69) is 0 Å². The fraction of sp³-hybridized carbons (Fsp3) is 0.269. The first-order valence-electron chi connectivity index (χ1n) is 10.4. The summed E-state index contributed by atoms with van der Waals surface area (Å²) in [5.74, 6) is 1.16. The molecular weight excluding hydrogens is 408 g/mol. The van der Waals surface area contributed by atoms with Gasteiger partial charge in [0.25, 0.3) is 0 Å². The standard InChI is InChI=1S/C26H24O6/c1-29-18-11-9-17(10-12-18)26-20(16-7-5-4-6-8-16)15-23(27)25(26,28)24-21(31-3)13-19(30-2)14-22(24)32-26/h4-14,20,28H,15H2,1-3H3. The number of hydrogen-bond acceptors (Lipinski definition) is 6. The van der Waals surface area contributed by atoms with Crippen LogP contribution in [-0.2, 0) is 16.0 Å². The summed E-state index contributed by atoms with van der Waals surface area (Å²) < 4.78 is 22.9. The van der Waals surface area contributed by atoms with E-state index >= 15 is 0 Å². The van der Waals surface area contributed by atoms with E-state index in [4.69, 9.17) is 18.9 Å². The summed E-state index contributed by atoms with van der Waals surface area (Å²) in [6.07, 6.45) is 0.126. The highest BCUT2D eigenvalue weighted by Crippen LogP contribution is 2.67. The van der Waals surface area contributed by atoms with Crippen molar-refractivity contribution >= 4 is 5.78 Å². The topological polar surface area (TPSA) is 74.2 Å². The molecule has 5 rings (SSSR count). The Morgan fingerprint density at radius 3 is 2.22 bits per heavy atom. The van der Waals surface area contributed by atoms with Gasteiger partial charge in [0.05, 0.1) is 26.9 Å². The Hall–Kier alpha value is -3.51. The molecule has 0 saturated heterocycles. The molecule has 0 spiro atoms. The molecule has 0 radical (unpaired) electrons. The van der Waals surface area contributed by atoms with Gasteiger partial charge in [-0.25, -0.2) is 0 Å². The largest absolute Gasteiger partial charge is 0.497 e. The van der Waals surface area contributed by atoms with Crippen LogP contribution < -0.4 is 18.9 Å². The lowest BCUT2D eigenvalue weighted by molar-refractivity contribution is -0.151. The number of hydrogen-bond donors (Lipinski definition) is 1. The minimum absolute atomic E-state index is 0.126. The van der Waals surface area contributed by atoms with Gasteiger partial charge in [0.15, 0.2) is 17.0 Å². The van der Waals surface area contributed by atoms with E-state index in [1.807, 2.05) is 42.5 Å². The first kappa shape index (κ1) is 20.4. The summed E-state index contributed by atoms with van der Waals surface area (Å²) in [6, 6.07) is 20.3. The zero-order chi connectivity index (χ0) is 22.5. The van der Waals surface area contributed by atoms with E-state index in [0.717, 1.165) is 5.56 Å². The fourth-order valence-corrected chi connectivity index (χ4v) is 5.21. The predicted octanol–water partition coefficient (Wildman–Crippen LogP) is 3.94. The molecule has 1 heterocycles. The van der Waals surface area contributed by atoms with Gasteiger partial charge in [0, 0.05) is 30.0 Å². The third-order valence-electron chi connectivity index (χ3n) is 6.67. The summed E-state index contributed by atoms with van der Waals surface area (Å²) in [7, 11) is 4.64. The number of ether oxygens (including phenoxy) is 4. The third-order valence-corrected chi connectivity index (χ3v) is 6.67. The van der Waals surface area contributed by atoms with Crippen LogP contribution in [-0.4, -0.2) is 32.2 Å². The molecule has 0 amide bonds. The van der Waals surface area contributed by atoms with Crippen LogP contribution in [0.1, 0.15) is 29.0 Å². The Balaban J connectivity index is 1.81. The van der Waals surface area contributed by atoms with E-state index in [1.165, 1.54) is 7.11 Å². The van der Waals surface area contributed by atoms with Crippen molar-refractivity contribution in [1.29, 1.82) is 0 Å². The van der Waals surface area contributed by atoms with Gasteiger partial charge >= 0.3 is 0 Å². The maximum atomic E-state index is 13.6. The lowest BCUT2D eigenvalue weighted by Crippen LogP contribution is -2.50. The van der Waals surface area contributed by atoms with Crippen molar-refractivity contribution in [2.45, 2.75) is 23.5 Å². The predicted molar refractivity (Wildman–Crippen MR) is 118 cm³/mol. The second-order valence-electron chi connectivity index (χ2n) is 8.07. The van der Waals surface area contributed by atoms with Crippen LogP contribution in [0.25, 0.3) is 0 Å². The van der Waals surface area contributed by atoms with Gasteiger partial charge in [-0.3, -0.25) is 4.79 Å². The molecule has 1 aliphatic heterocycles. The van der Waals surface area contributed by atoms with Gasteiger partial charge in [-0.2, -0.15) is 0 Å². The van der Waals surface area contributed by atoms with Gasteiger partial charge in [-0.15, -0.1) is 0 Å². The Kier molecular flexibility index (Phi) is 4.64. The van der Waals surface area contributed by atoms with Crippen LogP contribution >= 0.6 is 0 Å². The lowest BCUT2D eigenvalue weighted by atomic mass is 9.71. The van der Waals surface area contributed by atoms with Crippen molar-refractivity contribution in [2.24, 2.45) is 0 Å². The summed E-state index contributed by atoms with van der Waals surface area (Å²) in [5, 5.41) is 12.3. The van der Waals surface area contributed by atoms with E-state index in [1.54, 1.807) is 38.5 Å². The minimum atomic E-state index is -1.94. The van der Waals surface area contributed by atoms with E-state index < -0.39 is 17.1 Å². The number of carbonyl (C=O) groups excluding carboxylic acids is 1. The quantitative estimate of drug-likeness (QED) is 0.658. The molecule has 32 heavy (non-hydrogen) atoms. The molecule has 164 valence electrons. The van der Waals surface area contributed by atoms with E-state index in [-0.39, 0.29) is 12.2 Å². The van der Waals surface area contributed by atoms with Gasteiger partial charge in [-0.05, 0) is 17.7 Å². The number of rotatable bonds is 5. The van der Waals surface area contributed by atoms with Crippen LogP contribution in [0.15, 0.2) is 66.7 Å². The number of ketones is 1. The van der Waals surface area contributed by atoms with E-state index in [9.17, 15) is 9.90 Å².